The second kappa shape index (κ2) is 15.9. The number of rotatable bonds is 0. The summed E-state index contributed by atoms with van der Waals surface area (Å²) in [7, 11) is 8.50. The summed E-state index contributed by atoms with van der Waals surface area (Å²) >= 11 is 0. The maximum absolute atomic E-state index is 2.12. The van der Waals surface area contributed by atoms with E-state index in [-0.39, 0.29) is 27.4 Å². The van der Waals surface area contributed by atoms with Crippen molar-refractivity contribution in [2.24, 2.45) is 0 Å². The number of nitrogens with zero attached hydrogens (tertiary/aromatic N) is 1. The molecule has 0 saturated heterocycles. The summed E-state index contributed by atoms with van der Waals surface area (Å²) < 4.78 is 1.00. The van der Waals surface area contributed by atoms with Crippen molar-refractivity contribution in [1.82, 2.24) is 0 Å². The molecule has 0 atom stereocenters. The monoisotopic (exact) mass is 164 g/mol. The zero-order valence-electron chi connectivity index (χ0n) is 6.95. The maximum Gasteiger partial charge on any atom is 0.0675 e. The maximum atomic E-state index is 2.12. The van der Waals surface area contributed by atoms with E-state index >= 15 is 0 Å². The molecule has 0 fully saturated rings. The Hall–Kier alpha value is -0.240. The molecular weight excluding hydrogens is 142 g/mol. The molecule has 0 aliphatic rings. The van der Waals surface area contributed by atoms with Crippen LogP contribution in [0.4, 0.5) is 0 Å². The highest BCUT2D eigenvalue weighted by atomic mass is 16.0. The van der Waals surface area contributed by atoms with Gasteiger partial charge in [-0.3, -0.25) is 0 Å². The Balaban J connectivity index is -0.00000000800. The predicted molar refractivity (Wildman–Crippen MR) is 42.0 cm³/mol. The van der Waals surface area contributed by atoms with Gasteiger partial charge < -0.3 is 31.9 Å². The molecule has 72 valence electrons. The van der Waals surface area contributed by atoms with Crippen molar-refractivity contribution >= 4 is 0 Å². The Labute approximate surface area is 61.2 Å². The van der Waals surface area contributed by atoms with Gasteiger partial charge in [0.2, 0.25) is 0 Å². The highest BCUT2D eigenvalue weighted by Gasteiger charge is 1.88. The molecule has 0 aliphatic heterocycles. The van der Waals surface area contributed by atoms with E-state index < -0.39 is 0 Å². The van der Waals surface area contributed by atoms with Crippen molar-refractivity contribution in [2.45, 2.75) is 0 Å². The third kappa shape index (κ3) is 6160. The van der Waals surface area contributed by atoms with E-state index in [1.54, 1.807) is 0 Å². The summed E-state index contributed by atoms with van der Waals surface area (Å²) in [5.74, 6) is 0. The number of hydrogen-bond acceptors (Lipinski definition) is 0. The lowest BCUT2D eigenvalue weighted by Gasteiger charge is -2.14. The molecule has 0 aliphatic carbocycles. The molecule has 0 heterocycles. The van der Waals surface area contributed by atoms with Crippen molar-refractivity contribution in [3.63, 3.8) is 0 Å². The molecule has 0 aromatic carbocycles. The normalized spacial score (nSPS) is 6.00. The minimum absolute atomic E-state index is 0. The van der Waals surface area contributed by atoms with Crippen LogP contribution in [0.2, 0.25) is 0 Å². The van der Waals surface area contributed by atoms with Gasteiger partial charge >= 0.3 is 0 Å². The van der Waals surface area contributed by atoms with E-state index in [4.69, 9.17) is 0 Å². The first-order chi connectivity index (χ1) is 2.00. The molecule has 0 bridgehead atoms. The van der Waals surface area contributed by atoms with E-state index in [1.807, 2.05) is 0 Å². The summed E-state index contributed by atoms with van der Waals surface area (Å²) in [6.07, 6.45) is 0. The molecule has 6 heteroatoms. The third-order valence-electron chi connectivity index (χ3n) is 0. The average Bonchev–Trinajstić information content (AvgIpc) is 0.722. The van der Waals surface area contributed by atoms with Gasteiger partial charge in [0.05, 0.1) is 28.2 Å². The molecule has 10 N–H and O–H groups in total. The Morgan fingerprint density at radius 2 is 0.500 bits per heavy atom. The zero-order chi connectivity index (χ0) is 4.50. The minimum Gasteiger partial charge on any atom is -0.412 e. The van der Waals surface area contributed by atoms with Crippen LogP contribution in [0.1, 0.15) is 0 Å². The standard InChI is InChI=1S/C4H12N.5H2O/c1-5(2,3)4;;;;;/h1-4H3;5*1H2/q+1;;;;;. The van der Waals surface area contributed by atoms with Crippen LogP contribution < -0.4 is 0 Å². The Kier molecular flexibility index (Phi) is 84.2. The summed E-state index contributed by atoms with van der Waals surface area (Å²) in [5.41, 5.74) is 0. The molecule has 0 unspecified atom stereocenters. The largest absolute Gasteiger partial charge is 0.412 e. The second-order valence-electron chi connectivity index (χ2n) is 2.68. The first-order valence-corrected chi connectivity index (χ1v) is 1.79. The summed E-state index contributed by atoms with van der Waals surface area (Å²) in [6, 6.07) is 0. The molecule has 0 rings (SSSR count). The fourth-order valence-electron chi connectivity index (χ4n) is 0. The third-order valence-corrected chi connectivity index (χ3v) is 0. The smallest absolute Gasteiger partial charge is 0.0675 e. The SMILES string of the molecule is C[N+](C)(C)C.O.O.O.O.O. The molecule has 6 nitrogen and oxygen atoms in total. The molecular formula is C4H22NO5+. The molecule has 0 amide bonds. The van der Waals surface area contributed by atoms with Gasteiger partial charge in [0.1, 0.15) is 0 Å². The Bertz CT molecular complexity index is 29.1. The lowest BCUT2D eigenvalue weighted by Crippen LogP contribution is -2.27. The quantitative estimate of drug-likeness (QED) is 0.321. The first-order valence-electron chi connectivity index (χ1n) is 1.79. The van der Waals surface area contributed by atoms with Crippen LogP contribution in [-0.4, -0.2) is 60.1 Å². The highest BCUT2D eigenvalue weighted by molar-refractivity contribution is 3.87. The topological polar surface area (TPSA) is 158 Å². The number of quaternary nitrogens is 1. The van der Waals surface area contributed by atoms with Crippen LogP contribution in [0.3, 0.4) is 0 Å². The lowest BCUT2D eigenvalue weighted by molar-refractivity contribution is -0.849. The van der Waals surface area contributed by atoms with Crippen molar-refractivity contribution in [3.05, 3.63) is 0 Å². The molecule has 10 heavy (non-hydrogen) atoms. The summed E-state index contributed by atoms with van der Waals surface area (Å²) in [5, 5.41) is 0. The van der Waals surface area contributed by atoms with Gasteiger partial charge in [-0.15, -0.1) is 0 Å². The van der Waals surface area contributed by atoms with Crippen LogP contribution in [0.25, 0.3) is 0 Å². The predicted octanol–water partition coefficient (Wildman–Crippen LogP) is -3.80. The summed E-state index contributed by atoms with van der Waals surface area (Å²) in [6.45, 7) is 0. The van der Waals surface area contributed by atoms with Gasteiger partial charge in [-0.25, -0.2) is 0 Å². The molecule has 0 aromatic rings. The van der Waals surface area contributed by atoms with Crippen molar-refractivity contribution in [2.75, 3.05) is 28.2 Å². The van der Waals surface area contributed by atoms with Crippen LogP contribution >= 0.6 is 0 Å². The van der Waals surface area contributed by atoms with E-state index in [1.165, 1.54) is 0 Å². The van der Waals surface area contributed by atoms with Gasteiger partial charge in [-0.2, -0.15) is 0 Å². The van der Waals surface area contributed by atoms with E-state index in [2.05, 4.69) is 28.2 Å². The molecule has 0 saturated carbocycles. The van der Waals surface area contributed by atoms with E-state index in [0.717, 1.165) is 4.48 Å². The lowest BCUT2D eigenvalue weighted by atomic mass is 10.8. The summed E-state index contributed by atoms with van der Waals surface area (Å²) in [4.78, 5) is 0. The van der Waals surface area contributed by atoms with E-state index in [9.17, 15) is 0 Å². The van der Waals surface area contributed by atoms with Crippen molar-refractivity contribution in [1.29, 1.82) is 0 Å². The van der Waals surface area contributed by atoms with Crippen molar-refractivity contribution in [3.8, 4) is 0 Å². The Morgan fingerprint density at radius 3 is 0.500 bits per heavy atom. The fraction of sp³-hybridized carbons (Fsp3) is 1.00. The van der Waals surface area contributed by atoms with Gasteiger partial charge in [-0.05, 0) is 0 Å². The van der Waals surface area contributed by atoms with Crippen molar-refractivity contribution < 1.29 is 31.9 Å². The molecule has 0 radical (unpaired) electrons. The Morgan fingerprint density at radius 1 is 0.500 bits per heavy atom. The molecule has 0 aromatic heterocycles. The van der Waals surface area contributed by atoms with E-state index in [0.29, 0.717) is 0 Å². The minimum atomic E-state index is 0. The average molecular weight is 164 g/mol. The van der Waals surface area contributed by atoms with Gasteiger partial charge in [0, 0.05) is 0 Å². The van der Waals surface area contributed by atoms with Gasteiger partial charge in [0.25, 0.3) is 0 Å². The molecule has 0 spiro atoms. The zero-order valence-corrected chi connectivity index (χ0v) is 6.95. The number of hydrogen-bond donors (Lipinski definition) is 0. The fourth-order valence-corrected chi connectivity index (χ4v) is 0. The van der Waals surface area contributed by atoms with Gasteiger partial charge in [0.15, 0.2) is 0 Å². The van der Waals surface area contributed by atoms with Crippen LogP contribution in [0, 0.1) is 0 Å². The van der Waals surface area contributed by atoms with Crippen LogP contribution in [0.15, 0.2) is 0 Å². The van der Waals surface area contributed by atoms with Crippen LogP contribution in [0.5, 0.6) is 0 Å². The van der Waals surface area contributed by atoms with Gasteiger partial charge in [-0.1, -0.05) is 0 Å². The first kappa shape index (κ1) is 53.0. The van der Waals surface area contributed by atoms with Crippen LogP contribution in [-0.2, 0) is 0 Å². The highest BCUT2D eigenvalue weighted by Crippen LogP contribution is 1.73. The second-order valence-corrected chi connectivity index (χ2v) is 2.68.